The predicted molar refractivity (Wildman–Crippen MR) is 72.2 cm³/mol. The Morgan fingerprint density at radius 2 is 1.76 bits per heavy atom. The summed E-state index contributed by atoms with van der Waals surface area (Å²) in [5.41, 5.74) is 0.762. The molecule has 98 valence electrons. The zero-order valence-electron chi connectivity index (χ0n) is 11.6. The van der Waals surface area contributed by atoms with Crippen LogP contribution in [0.5, 0.6) is 0 Å². The molecule has 2 nitrogen and oxygen atoms in total. The van der Waals surface area contributed by atoms with Crippen molar-refractivity contribution >= 4 is 0 Å². The van der Waals surface area contributed by atoms with E-state index >= 15 is 0 Å². The summed E-state index contributed by atoms with van der Waals surface area (Å²) >= 11 is 0. The first-order chi connectivity index (χ1) is 8.17. The van der Waals surface area contributed by atoms with Crippen LogP contribution < -0.4 is 0 Å². The second-order valence-corrected chi connectivity index (χ2v) is 7.11. The van der Waals surface area contributed by atoms with E-state index in [-0.39, 0.29) is 0 Å². The van der Waals surface area contributed by atoms with Crippen molar-refractivity contribution in [3.63, 3.8) is 0 Å². The van der Waals surface area contributed by atoms with Crippen LogP contribution in [0.1, 0.15) is 45.4 Å². The predicted octanol–water partition coefficient (Wildman–Crippen LogP) is 2.59. The molecular formula is C15H28N2. The van der Waals surface area contributed by atoms with Crippen LogP contribution in [-0.2, 0) is 0 Å². The topological polar surface area (TPSA) is 6.48 Å². The summed E-state index contributed by atoms with van der Waals surface area (Å²) < 4.78 is 0. The third kappa shape index (κ3) is 2.39. The Kier molecular flexibility index (Phi) is 3.20. The van der Waals surface area contributed by atoms with Crippen LogP contribution >= 0.6 is 0 Å². The van der Waals surface area contributed by atoms with E-state index in [2.05, 4.69) is 23.8 Å². The number of nitrogens with zero attached hydrogens (tertiary/aromatic N) is 2. The lowest BCUT2D eigenvalue weighted by Gasteiger charge is -2.56. The van der Waals surface area contributed by atoms with Crippen molar-refractivity contribution < 1.29 is 0 Å². The van der Waals surface area contributed by atoms with Gasteiger partial charge in [-0.25, -0.2) is 0 Å². The van der Waals surface area contributed by atoms with Crippen LogP contribution in [0.25, 0.3) is 0 Å². The van der Waals surface area contributed by atoms with Gasteiger partial charge in [0.25, 0.3) is 0 Å². The fourth-order valence-electron chi connectivity index (χ4n) is 4.26. The lowest BCUT2D eigenvalue weighted by molar-refractivity contribution is -0.0498. The number of rotatable bonds is 1. The summed E-state index contributed by atoms with van der Waals surface area (Å²) in [7, 11) is 2.27. The van der Waals surface area contributed by atoms with Crippen LogP contribution in [0.4, 0.5) is 0 Å². The summed E-state index contributed by atoms with van der Waals surface area (Å²) in [6.07, 6.45) is 8.83. The minimum absolute atomic E-state index is 0.762. The largest absolute Gasteiger partial charge is 0.306 e. The van der Waals surface area contributed by atoms with Crippen LogP contribution in [0.3, 0.4) is 0 Å². The number of likely N-dealkylation sites (tertiary alicyclic amines) is 2. The maximum Gasteiger partial charge on any atom is 0.0106 e. The Hall–Kier alpha value is -0.0800. The molecule has 2 heterocycles. The van der Waals surface area contributed by atoms with Crippen molar-refractivity contribution in [2.75, 3.05) is 33.2 Å². The van der Waals surface area contributed by atoms with Crippen molar-refractivity contribution in [1.82, 2.24) is 9.80 Å². The summed E-state index contributed by atoms with van der Waals surface area (Å²) in [4.78, 5) is 5.30. The van der Waals surface area contributed by atoms with E-state index in [1.807, 2.05) is 0 Å². The Morgan fingerprint density at radius 3 is 2.41 bits per heavy atom. The molecule has 0 radical (unpaired) electrons. The van der Waals surface area contributed by atoms with Crippen molar-refractivity contribution in [1.29, 1.82) is 0 Å². The Morgan fingerprint density at radius 1 is 1.06 bits per heavy atom. The minimum atomic E-state index is 0.762. The van der Waals surface area contributed by atoms with E-state index < -0.39 is 0 Å². The van der Waals surface area contributed by atoms with E-state index in [0.717, 1.165) is 17.4 Å². The molecular weight excluding hydrogens is 208 g/mol. The molecule has 0 aromatic rings. The average molecular weight is 236 g/mol. The first-order valence-electron chi connectivity index (χ1n) is 7.59. The van der Waals surface area contributed by atoms with E-state index in [9.17, 15) is 0 Å². The monoisotopic (exact) mass is 236 g/mol. The molecule has 0 aromatic carbocycles. The van der Waals surface area contributed by atoms with E-state index in [4.69, 9.17) is 0 Å². The van der Waals surface area contributed by atoms with Gasteiger partial charge in [-0.15, -0.1) is 0 Å². The molecule has 0 N–H and O–H groups in total. The lowest BCUT2D eigenvalue weighted by atomic mass is 9.60. The van der Waals surface area contributed by atoms with Crippen LogP contribution in [0, 0.1) is 11.3 Å². The average Bonchev–Trinajstić information content (AvgIpc) is 2.27. The van der Waals surface area contributed by atoms with Crippen LogP contribution in [-0.4, -0.2) is 49.1 Å². The maximum absolute atomic E-state index is 2.80. The maximum atomic E-state index is 2.80. The van der Waals surface area contributed by atoms with Gasteiger partial charge in [-0.3, -0.25) is 0 Å². The molecule has 17 heavy (non-hydrogen) atoms. The highest BCUT2D eigenvalue weighted by molar-refractivity contribution is 5.01. The minimum Gasteiger partial charge on any atom is -0.306 e. The summed E-state index contributed by atoms with van der Waals surface area (Å²) in [5, 5.41) is 0. The van der Waals surface area contributed by atoms with Crippen LogP contribution in [0.2, 0.25) is 0 Å². The molecule has 2 heteroatoms. The Bertz CT molecular complexity index is 260. The molecule has 0 amide bonds. The lowest BCUT2D eigenvalue weighted by Crippen LogP contribution is -2.56. The zero-order chi connectivity index (χ0) is 11.9. The first kappa shape index (κ1) is 12.0. The van der Waals surface area contributed by atoms with Gasteiger partial charge in [0.05, 0.1) is 0 Å². The van der Waals surface area contributed by atoms with Crippen molar-refractivity contribution in [2.45, 2.75) is 51.5 Å². The SMILES string of the molecule is CC1CCCN(C2CC3(CCN(C)CC3)C2)C1. The molecule has 1 atom stereocenters. The van der Waals surface area contributed by atoms with Gasteiger partial charge >= 0.3 is 0 Å². The smallest absolute Gasteiger partial charge is 0.0106 e. The zero-order valence-corrected chi connectivity index (χ0v) is 11.6. The van der Waals surface area contributed by atoms with Gasteiger partial charge in [-0.05, 0) is 76.5 Å². The van der Waals surface area contributed by atoms with Crippen LogP contribution in [0.15, 0.2) is 0 Å². The number of piperidine rings is 2. The van der Waals surface area contributed by atoms with Crippen molar-refractivity contribution in [2.24, 2.45) is 11.3 Å². The van der Waals surface area contributed by atoms with Crippen molar-refractivity contribution in [3.8, 4) is 0 Å². The number of hydrogen-bond acceptors (Lipinski definition) is 2. The molecule has 1 spiro atoms. The van der Waals surface area contributed by atoms with Crippen molar-refractivity contribution in [3.05, 3.63) is 0 Å². The molecule has 0 bridgehead atoms. The van der Waals surface area contributed by atoms with Gasteiger partial charge in [0, 0.05) is 12.6 Å². The quantitative estimate of drug-likeness (QED) is 0.690. The van der Waals surface area contributed by atoms with Gasteiger partial charge in [0.2, 0.25) is 0 Å². The second-order valence-electron chi connectivity index (χ2n) is 7.11. The second kappa shape index (κ2) is 4.55. The van der Waals surface area contributed by atoms with Gasteiger partial charge in [0.15, 0.2) is 0 Å². The Labute approximate surface area is 106 Å². The fourth-order valence-corrected chi connectivity index (χ4v) is 4.26. The Balaban J connectivity index is 1.50. The molecule has 0 aromatic heterocycles. The van der Waals surface area contributed by atoms with E-state index in [1.165, 1.54) is 64.7 Å². The van der Waals surface area contributed by atoms with Gasteiger partial charge in [-0.2, -0.15) is 0 Å². The van der Waals surface area contributed by atoms with E-state index in [1.54, 1.807) is 0 Å². The van der Waals surface area contributed by atoms with Gasteiger partial charge in [0.1, 0.15) is 0 Å². The molecule has 2 saturated heterocycles. The summed E-state index contributed by atoms with van der Waals surface area (Å²) in [6.45, 7) is 7.86. The normalized spacial score (nSPS) is 36.0. The number of hydrogen-bond donors (Lipinski definition) is 0. The summed E-state index contributed by atoms with van der Waals surface area (Å²) in [5.74, 6) is 0.942. The van der Waals surface area contributed by atoms with Gasteiger partial charge < -0.3 is 9.80 Å². The molecule has 2 aliphatic heterocycles. The molecule has 1 unspecified atom stereocenters. The molecule has 1 aliphatic carbocycles. The van der Waals surface area contributed by atoms with Gasteiger partial charge in [-0.1, -0.05) is 6.92 Å². The standard InChI is InChI=1S/C15H28N2/c1-13-4-3-7-17(12-13)14-10-15(11-14)5-8-16(2)9-6-15/h13-14H,3-12H2,1-2H3. The third-order valence-electron chi connectivity index (χ3n) is 5.59. The molecule has 1 saturated carbocycles. The first-order valence-corrected chi connectivity index (χ1v) is 7.59. The highest BCUT2D eigenvalue weighted by Gasteiger charge is 2.47. The third-order valence-corrected chi connectivity index (χ3v) is 5.59. The highest BCUT2D eigenvalue weighted by atomic mass is 15.2. The highest BCUT2D eigenvalue weighted by Crippen LogP contribution is 2.51. The molecule has 3 aliphatic rings. The molecule has 3 fully saturated rings. The van der Waals surface area contributed by atoms with E-state index in [0.29, 0.717) is 0 Å². The summed E-state index contributed by atoms with van der Waals surface area (Å²) in [6, 6.07) is 0.946. The molecule has 3 rings (SSSR count). The fraction of sp³-hybridized carbons (Fsp3) is 1.00.